The maximum absolute atomic E-state index is 13.1. The van der Waals surface area contributed by atoms with Gasteiger partial charge in [0.15, 0.2) is 0 Å². The fourth-order valence-electron chi connectivity index (χ4n) is 3.68. The van der Waals surface area contributed by atoms with E-state index in [1.165, 1.54) is 6.20 Å². The number of hydrogen-bond donors (Lipinski definition) is 0. The quantitative estimate of drug-likeness (QED) is 0.675. The molecule has 6 nitrogen and oxygen atoms in total. The molecule has 0 radical (unpaired) electrons. The summed E-state index contributed by atoms with van der Waals surface area (Å²) in [6, 6.07) is 9.39. The summed E-state index contributed by atoms with van der Waals surface area (Å²) in [4.78, 5) is 22.2. The zero-order chi connectivity index (χ0) is 20.8. The summed E-state index contributed by atoms with van der Waals surface area (Å²) in [5, 5.41) is 0. The zero-order valence-corrected chi connectivity index (χ0v) is 16.1. The average Bonchev–Trinajstić information content (AvgIpc) is 2.91. The molecule has 0 atom stereocenters. The number of halogens is 3. The van der Waals surface area contributed by atoms with Crippen molar-refractivity contribution in [2.24, 2.45) is 7.05 Å². The van der Waals surface area contributed by atoms with Crippen LogP contribution in [0.4, 0.5) is 13.2 Å². The molecule has 0 fully saturated rings. The number of rotatable bonds is 3. The molecule has 1 aliphatic rings. The number of nitrogens with zero attached hydrogens (tertiary/aromatic N) is 5. The summed E-state index contributed by atoms with van der Waals surface area (Å²) in [6.07, 6.45) is -2.91. The highest BCUT2D eigenvalue weighted by Crippen LogP contribution is 2.28. The van der Waals surface area contributed by atoms with Gasteiger partial charge in [0.25, 0.3) is 5.56 Å². The van der Waals surface area contributed by atoms with Gasteiger partial charge >= 0.3 is 6.18 Å². The molecule has 1 aliphatic heterocycles. The molecular formula is C20H20F3N5O. The van der Waals surface area contributed by atoms with Crippen LogP contribution in [0.25, 0.3) is 5.69 Å². The molecule has 3 heterocycles. The van der Waals surface area contributed by atoms with E-state index >= 15 is 0 Å². The van der Waals surface area contributed by atoms with E-state index in [2.05, 4.69) is 9.97 Å². The molecule has 29 heavy (non-hydrogen) atoms. The largest absolute Gasteiger partial charge is 0.451 e. The van der Waals surface area contributed by atoms with Crippen molar-refractivity contribution in [3.05, 3.63) is 75.2 Å². The van der Waals surface area contributed by atoms with E-state index in [0.717, 1.165) is 11.4 Å². The Kier molecular flexibility index (Phi) is 4.77. The SMILES string of the molecule is Cc1c(CN2CCc3nc(C(F)(F)F)ncc3C2)c(=O)n(-c2ccccc2)n1C. The summed E-state index contributed by atoms with van der Waals surface area (Å²) in [5.74, 6) is -1.10. The number of benzene rings is 1. The first-order chi connectivity index (χ1) is 13.8. The Morgan fingerprint density at radius 2 is 1.90 bits per heavy atom. The molecule has 3 aromatic rings. The van der Waals surface area contributed by atoms with Gasteiger partial charge in [-0.15, -0.1) is 0 Å². The van der Waals surface area contributed by atoms with Crippen molar-refractivity contribution in [3.8, 4) is 5.69 Å². The summed E-state index contributed by atoms with van der Waals surface area (Å²) in [5.41, 5.74) is 3.31. The first-order valence-electron chi connectivity index (χ1n) is 9.23. The van der Waals surface area contributed by atoms with Gasteiger partial charge in [-0.1, -0.05) is 18.2 Å². The Morgan fingerprint density at radius 1 is 1.17 bits per heavy atom. The van der Waals surface area contributed by atoms with Crippen LogP contribution in [0.2, 0.25) is 0 Å². The van der Waals surface area contributed by atoms with Crippen molar-refractivity contribution in [3.63, 3.8) is 0 Å². The Bertz CT molecular complexity index is 1100. The predicted octanol–water partition coefficient (Wildman–Crippen LogP) is 2.85. The second kappa shape index (κ2) is 7.14. The summed E-state index contributed by atoms with van der Waals surface area (Å²) in [7, 11) is 1.84. The molecular weight excluding hydrogens is 383 g/mol. The van der Waals surface area contributed by atoms with Crippen molar-refractivity contribution < 1.29 is 13.2 Å². The highest BCUT2D eigenvalue weighted by Gasteiger charge is 2.35. The Labute approximate surface area is 165 Å². The number of hydrogen-bond acceptors (Lipinski definition) is 4. The van der Waals surface area contributed by atoms with E-state index in [-0.39, 0.29) is 5.56 Å². The van der Waals surface area contributed by atoms with Crippen molar-refractivity contribution in [2.45, 2.75) is 32.6 Å². The lowest BCUT2D eigenvalue weighted by Crippen LogP contribution is -2.33. The molecule has 1 aromatic carbocycles. The monoisotopic (exact) mass is 403 g/mol. The first kappa shape index (κ1) is 19.4. The van der Waals surface area contributed by atoms with Crippen LogP contribution in [0.15, 0.2) is 41.3 Å². The molecule has 2 aromatic heterocycles. The Balaban J connectivity index is 1.60. The van der Waals surface area contributed by atoms with Gasteiger partial charge in [0.05, 0.1) is 16.9 Å². The second-order valence-corrected chi connectivity index (χ2v) is 7.16. The van der Waals surface area contributed by atoms with Crippen LogP contribution in [0.3, 0.4) is 0 Å². The fraction of sp³-hybridized carbons (Fsp3) is 0.350. The third-order valence-electron chi connectivity index (χ3n) is 5.32. The molecule has 152 valence electrons. The van der Waals surface area contributed by atoms with Gasteiger partial charge in [-0.2, -0.15) is 13.2 Å². The van der Waals surface area contributed by atoms with E-state index in [4.69, 9.17) is 0 Å². The lowest BCUT2D eigenvalue weighted by atomic mass is 10.1. The molecule has 4 rings (SSSR count). The van der Waals surface area contributed by atoms with E-state index in [9.17, 15) is 18.0 Å². The minimum absolute atomic E-state index is 0.0920. The van der Waals surface area contributed by atoms with Crippen LogP contribution in [0.1, 0.15) is 28.3 Å². The molecule has 0 bridgehead atoms. The summed E-state index contributed by atoms with van der Waals surface area (Å²) >= 11 is 0. The molecule has 0 amide bonds. The maximum Gasteiger partial charge on any atom is 0.451 e. The minimum Gasteiger partial charge on any atom is -0.294 e. The topological polar surface area (TPSA) is 56.0 Å². The van der Waals surface area contributed by atoms with E-state index in [1.54, 1.807) is 4.68 Å². The molecule has 0 unspecified atom stereocenters. The molecule has 0 saturated carbocycles. The van der Waals surface area contributed by atoms with Gasteiger partial charge in [-0.25, -0.2) is 14.6 Å². The highest BCUT2D eigenvalue weighted by molar-refractivity contribution is 5.33. The Hall–Kier alpha value is -2.94. The van der Waals surface area contributed by atoms with Crippen LogP contribution in [0.5, 0.6) is 0 Å². The van der Waals surface area contributed by atoms with Gasteiger partial charge in [0.2, 0.25) is 5.82 Å². The Morgan fingerprint density at radius 3 is 2.59 bits per heavy atom. The normalized spacial score (nSPS) is 14.8. The molecule has 0 N–H and O–H groups in total. The first-order valence-corrected chi connectivity index (χ1v) is 9.23. The fourth-order valence-corrected chi connectivity index (χ4v) is 3.68. The van der Waals surface area contributed by atoms with Crippen LogP contribution in [-0.2, 0) is 32.7 Å². The van der Waals surface area contributed by atoms with E-state index in [0.29, 0.717) is 42.9 Å². The number of alkyl halides is 3. The minimum atomic E-state index is -4.55. The number of fused-ring (bicyclic) bond motifs is 1. The lowest BCUT2D eigenvalue weighted by molar-refractivity contribution is -0.145. The summed E-state index contributed by atoms with van der Waals surface area (Å²) < 4.78 is 41.9. The van der Waals surface area contributed by atoms with E-state index in [1.807, 2.05) is 53.9 Å². The van der Waals surface area contributed by atoms with E-state index < -0.39 is 12.0 Å². The van der Waals surface area contributed by atoms with Crippen molar-refractivity contribution in [1.82, 2.24) is 24.2 Å². The number of aromatic nitrogens is 4. The average molecular weight is 403 g/mol. The van der Waals surface area contributed by atoms with Gasteiger partial charge in [0, 0.05) is 50.6 Å². The van der Waals surface area contributed by atoms with Gasteiger partial charge < -0.3 is 0 Å². The standard InChI is InChI=1S/C20H20F3N5O/c1-13-16(18(29)28(26(13)2)15-6-4-3-5-7-15)12-27-9-8-17-14(11-27)10-24-19(25-17)20(21,22)23/h3-7,10H,8-9,11-12H2,1-2H3. The third-order valence-corrected chi connectivity index (χ3v) is 5.32. The van der Waals surface area contributed by atoms with Crippen LogP contribution < -0.4 is 5.56 Å². The molecule has 0 spiro atoms. The van der Waals surface area contributed by atoms with Crippen molar-refractivity contribution in [1.29, 1.82) is 0 Å². The van der Waals surface area contributed by atoms with Crippen LogP contribution >= 0.6 is 0 Å². The van der Waals surface area contributed by atoms with Gasteiger partial charge in [-0.3, -0.25) is 14.4 Å². The van der Waals surface area contributed by atoms with Crippen LogP contribution in [-0.4, -0.2) is 30.8 Å². The number of para-hydroxylation sites is 1. The van der Waals surface area contributed by atoms with Gasteiger partial charge in [0.1, 0.15) is 0 Å². The molecule has 9 heteroatoms. The smallest absolute Gasteiger partial charge is 0.294 e. The van der Waals surface area contributed by atoms with Crippen molar-refractivity contribution in [2.75, 3.05) is 6.54 Å². The van der Waals surface area contributed by atoms with Crippen molar-refractivity contribution >= 4 is 0 Å². The predicted molar refractivity (Wildman–Crippen MR) is 101 cm³/mol. The maximum atomic E-state index is 13.1. The van der Waals surface area contributed by atoms with Crippen LogP contribution in [0, 0.1) is 6.92 Å². The zero-order valence-electron chi connectivity index (χ0n) is 16.1. The molecule has 0 aliphatic carbocycles. The molecule has 0 saturated heterocycles. The summed E-state index contributed by atoms with van der Waals surface area (Å²) in [6.45, 7) is 3.25. The highest BCUT2D eigenvalue weighted by atomic mass is 19.4. The lowest BCUT2D eigenvalue weighted by Gasteiger charge is -2.27. The second-order valence-electron chi connectivity index (χ2n) is 7.16. The van der Waals surface area contributed by atoms with Gasteiger partial charge in [-0.05, 0) is 19.1 Å². The third kappa shape index (κ3) is 3.57.